The molecule has 0 radical (unpaired) electrons. The Morgan fingerprint density at radius 1 is 1.07 bits per heavy atom. The molecule has 0 unspecified atom stereocenters. The molecule has 4 rings (SSSR count). The van der Waals surface area contributed by atoms with Crippen molar-refractivity contribution in [1.29, 1.82) is 5.41 Å². The number of carbonyl (C=O) groups excluding carboxylic acids is 1. The van der Waals surface area contributed by atoms with E-state index in [4.69, 9.17) is 11.1 Å². The number of hydrogen-bond acceptors (Lipinski definition) is 8. The van der Waals surface area contributed by atoms with Crippen molar-refractivity contribution in [1.82, 2.24) is 15.0 Å². The Labute approximate surface area is 178 Å². The van der Waals surface area contributed by atoms with Crippen molar-refractivity contribution in [3.05, 3.63) is 58.9 Å². The molecule has 0 saturated heterocycles. The van der Waals surface area contributed by atoms with Crippen LogP contribution in [0.2, 0.25) is 0 Å². The highest BCUT2D eigenvalue weighted by atomic mass is 32.1. The van der Waals surface area contributed by atoms with Gasteiger partial charge in [0, 0.05) is 28.7 Å². The van der Waals surface area contributed by atoms with E-state index in [0.29, 0.717) is 33.7 Å². The number of rotatable bonds is 6. The molecule has 1 aliphatic carbocycles. The van der Waals surface area contributed by atoms with Crippen LogP contribution < -0.4 is 16.4 Å². The van der Waals surface area contributed by atoms with E-state index in [0.717, 1.165) is 12.8 Å². The summed E-state index contributed by atoms with van der Waals surface area (Å²) in [4.78, 5) is 24.8. The molecule has 0 aliphatic heterocycles. The molecule has 9 heteroatoms. The van der Waals surface area contributed by atoms with E-state index in [1.54, 1.807) is 35.8 Å². The number of anilines is 3. The summed E-state index contributed by atoms with van der Waals surface area (Å²) in [6.45, 7) is 0. The zero-order chi connectivity index (χ0) is 20.9. The summed E-state index contributed by atoms with van der Waals surface area (Å²) in [6, 6.07) is 7.16. The van der Waals surface area contributed by atoms with E-state index in [-0.39, 0.29) is 17.4 Å². The largest absolute Gasteiger partial charge is 0.383 e. The third-order valence-corrected chi connectivity index (χ3v) is 5.85. The lowest BCUT2D eigenvalue weighted by atomic mass is 9.95. The zero-order valence-corrected chi connectivity index (χ0v) is 17.2. The highest BCUT2D eigenvalue weighted by Gasteiger charge is 2.20. The standard InChI is InChI=1S/C21H23N7OS/c22-17(13-6-8-14(9-7-13)20(29)28-21-24-10-11-30-21)16-18(23)25-12-26-19(16)27-15-4-2-1-3-5-15/h6-12,15,22H,1-5H2,(H,24,28,29)(H3,23,25,26,27). The number of hydrogen-bond donors (Lipinski definition) is 4. The van der Waals surface area contributed by atoms with Crippen LogP contribution in [0.4, 0.5) is 16.8 Å². The maximum absolute atomic E-state index is 12.3. The molecule has 0 atom stereocenters. The quantitative estimate of drug-likeness (QED) is 0.446. The van der Waals surface area contributed by atoms with Crippen LogP contribution in [-0.4, -0.2) is 32.6 Å². The lowest BCUT2D eigenvalue weighted by Crippen LogP contribution is -2.25. The molecule has 5 N–H and O–H groups in total. The van der Waals surface area contributed by atoms with Crippen LogP contribution in [0.25, 0.3) is 0 Å². The summed E-state index contributed by atoms with van der Waals surface area (Å²) in [5.41, 5.74) is 7.95. The van der Waals surface area contributed by atoms with Gasteiger partial charge in [-0.1, -0.05) is 31.4 Å². The first kappa shape index (κ1) is 20.0. The number of nitrogen functional groups attached to an aromatic ring is 1. The summed E-state index contributed by atoms with van der Waals surface area (Å²) in [7, 11) is 0. The van der Waals surface area contributed by atoms with Gasteiger partial charge < -0.3 is 11.1 Å². The normalized spacial score (nSPS) is 14.3. The fourth-order valence-electron chi connectivity index (χ4n) is 3.58. The van der Waals surface area contributed by atoms with Gasteiger partial charge in [-0.2, -0.15) is 0 Å². The summed E-state index contributed by atoms with van der Waals surface area (Å²) in [5.74, 6) is 0.606. The molecule has 30 heavy (non-hydrogen) atoms. The third-order valence-electron chi connectivity index (χ3n) is 5.16. The van der Waals surface area contributed by atoms with Crippen molar-refractivity contribution in [2.75, 3.05) is 16.4 Å². The summed E-state index contributed by atoms with van der Waals surface area (Å²) in [6.07, 6.45) is 8.86. The Kier molecular flexibility index (Phi) is 5.99. The predicted octanol–water partition coefficient (Wildman–Crippen LogP) is 3.93. The third kappa shape index (κ3) is 4.46. The van der Waals surface area contributed by atoms with Gasteiger partial charge in [0.15, 0.2) is 5.13 Å². The predicted molar refractivity (Wildman–Crippen MR) is 119 cm³/mol. The number of nitrogens with zero attached hydrogens (tertiary/aromatic N) is 3. The Balaban J connectivity index is 1.53. The molecule has 154 valence electrons. The summed E-state index contributed by atoms with van der Waals surface area (Å²) >= 11 is 1.36. The molecule has 1 aliphatic rings. The van der Waals surface area contributed by atoms with Gasteiger partial charge in [0.1, 0.15) is 18.0 Å². The molecule has 1 aromatic carbocycles. The van der Waals surface area contributed by atoms with Crippen LogP contribution in [0.15, 0.2) is 42.2 Å². The molecule has 3 aromatic rings. The first-order valence-electron chi connectivity index (χ1n) is 9.89. The van der Waals surface area contributed by atoms with Gasteiger partial charge in [-0.25, -0.2) is 15.0 Å². The summed E-state index contributed by atoms with van der Waals surface area (Å²) < 4.78 is 0. The van der Waals surface area contributed by atoms with Crippen LogP contribution >= 0.6 is 11.3 Å². The smallest absolute Gasteiger partial charge is 0.257 e. The second-order valence-corrected chi connectivity index (χ2v) is 8.10. The highest BCUT2D eigenvalue weighted by molar-refractivity contribution is 7.13. The van der Waals surface area contributed by atoms with Crippen LogP contribution in [0.1, 0.15) is 53.6 Å². The van der Waals surface area contributed by atoms with Crippen LogP contribution in [0.5, 0.6) is 0 Å². The van der Waals surface area contributed by atoms with Gasteiger partial charge in [0.2, 0.25) is 0 Å². The topological polar surface area (TPSA) is 130 Å². The van der Waals surface area contributed by atoms with Crippen LogP contribution in [0, 0.1) is 5.41 Å². The number of nitrogens with two attached hydrogens (primary N) is 1. The van der Waals surface area contributed by atoms with E-state index >= 15 is 0 Å². The molecule has 1 saturated carbocycles. The highest BCUT2D eigenvalue weighted by Crippen LogP contribution is 2.26. The second-order valence-electron chi connectivity index (χ2n) is 7.21. The monoisotopic (exact) mass is 421 g/mol. The fraction of sp³-hybridized carbons (Fsp3) is 0.286. The van der Waals surface area contributed by atoms with Gasteiger partial charge in [-0.15, -0.1) is 11.3 Å². The number of thiazole rings is 1. The lowest BCUT2D eigenvalue weighted by Gasteiger charge is -2.24. The Morgan fingerprint density at radius 2 is 1.80 bits per heavy atom. The van der Waals surface area contributed by atoms with E-state index in [9.17, 15) is 4.79 Å². The molecule has 0 spiro atoms. The van der Waals surface area contributed by atoms with Gasteiger partial charge in [-0.3, -0.25) is 15.5 Å². The number of benzene rings is 1. The van der Waals surface area contributed by atoms with E-state index in [1.165, 1.54) is 36.9 Å². The maximum Gasteiger partial charge on any atom is 0.257 e. The van der Waals surface area contributed by atoms with Gasteiger partial charge in [-0.05, 0) is 25.0 Å². The van der Waals surface area contributed by atoms with Crippen molar-refractivity contribution in [2.45, 2.75) is 38.1 Å². The van der Waals surface area contributed by atoms with Crippen molar-refractivity contribution in [3.63, 3.8) is 0 Å². The average molecular weight is 422 g/mol. The van der Waals surface area contributed by atoms with E-state index < -0.39 is 0 Å². The molecule has 1 amide bonds. The van der Waals surface area contributed by atoms with Gasteiger partial charge in [0.25, 0.3) is 5.91 Å². The van der Waals surface area contributed by atoms with E-state index in [1.807, 2.05) is 0 Å². The lowest BCUT2D eigenvalue weighted by molar-refractivity contribution is 0.102. The minimum absolute atomic E-state index is 0.221. The number of amides is 1. The van der Waals surface area contributed by atoms with Gasteiger partial charge in [0.05, 0.1) is 11.3 Å². The molecule has 1 fully saturated rings. The second kappa shape index (κ2) is 9.00. The Bertz CT molecular complexity index is 1030. The fourth-order valence-corrected chi connectivity index (χ4v) is 4.11. The SMILES string of the molecule is N=C(c1ccc(C(=O)Nc2nccs2)cc1)c1c(N)ncnc1NC1CCCCC1. The zero-order valence-electron chi connectivity index (χ0n) is 16.4. The molecule has 0 bridgehead atoms. The molecular weight excluding hydrogens is 398 g/mol. The minimum Gasteiger partial charge on any atom is -0.383 e. The number of aromatic nitrogens is 3. The van der Waals surface area contributed by atoms with E-state index in [2.05, 4.69) is 25.6 Å². The van der Waals surface area contributed by atoms with Crippen LogP contribution in [0.3, 0.4) is 0 Å². The Morgan fingerprint density at radius 3 is 2.50 bits per heavy atom. The maximum atomic E-state index is 12.3. The number of nitrogens with one attached hydrogen (secondary N) is 3. The van der Waals surface area contributed by atoms with Crippen molar-refractivity contribution >= 4 is 39.7 Å². The molecular formula is C21H23N7OS. The first-order valence-corrected chi connectivity index (χ1v) is 10.8. The first-order chi connectivity index (χ1) is 14.6. The van der Waals surface area contributed by atoms with Crippen LogP contribution in [-0.2, 0) is 0 Å². The minimum atomic E-state index is -0.245. The number of carbonyl (C=O) groups is 1. The molecule has 2 aromatic heterocycles. The summed E-state index contributed by atoms with van der Waals surface area (Å²) in [5, 5.41) is 17.2. The molecule has 2 heterocycles. The van der Waals surface area contributed by atoms with Crippen molar-refractivity contribution in [3.8, 4) is 0 Å². The van der Waals surface area contributed by atoms with Gasteiger partial charge >= 0.3 is 0 Å². The van der Waals surface area contributed by atoms with Crippen molar-refractivity contribution in [2.24, 2.45) is 0 Å². The van der Waals surface area contributed by atoms with Crippen molar-refractivity contribution < 1.29 is 4.79 Å². The Hall–Kier alpha value is -3.33. The molecule has 8 nitrogen and oxygen atoms in total. The average Bonchev–Trinajstić information content (AvgIpc) is 3.27.